The number of hydrogen-bond donors (Lipinski definition) is 2. The molecule has 12 heteroatoms. The number of thiophene rings is 1. The average molecular weight is 688 g/mol. The van der Waals surface area contributed by atoms with Crippen molar-refractivity contribution in [2.45, 2.75) is 62.8 Å². The molecule has 2 amide bonds. The highest BCUT2D eigenvalue weighted by molar-refractivity contribution is 7.17. The minimum absolute atomic E-state index is 0.0109. The van der Waals surface area contributed by atoms with Gasteiger partial charge in [0.25, 0.3) is 5.91 Å². The predicted molar refractivity (Wildman–Crippen MR) is 182 cm³/mol. The quantitative estimate of drug-likeness (QED) is 0.275. The number of amides is 2. The van der Waals surface area contributed by atoms with E-state index in [1.807, 2.05) is 34.5 Å². The van der Waals surface area contributed by atoms with Crippen LogP contribution in [0.3, 0.4) is 0 Å². The molecule has 2 aromatic carbocycles. The molecule has 2 atom stereocenters. The monoisotopic (exact) mass is 686 g/mol. The van der Waals surface area contributed by atoms with E-state index >= 15 is 0 Å². The van der Waals surface area contributed by atoms with Gasteiger partial charge in [-0.05, 0) is 70.0 Å². The average Bonchev–Trinajstić information content (AvgIpc) is 3.62. The Bertz CT molecular complexity index is 1600. The lowest BCUT2D eigenvalue weighted by molar-refractivity contribution is -0.144. The number of nitrogens with zero attached hydrogens (tertiary/aromatic N) is 3. The van der Waals surface area contributed by atoms with Gasteiger partial charge in [-0.2, -0.15) is 0 Å². The molecular formula is C34H40Cl2N4O5S. The summed E-state index contributed by atoms with van der Waals surface area (Å²) in [5.41, 5.74) is 1.56. The van der Waals surface area contributed by atoms with E-state index in [4.69, 9.17) is 27.9 Å². The third kappa shape index (κ3) is 7.22. The van der Waals surface area contributed by atoms with Crippen molar-refractivity contribution in [2.75, 3.05) is 45.7 Å². The van der Waals surface area contributed by atoms with Crippen LogP contribution in [-0.2, 0) is 20.7 Å². The predicted octanol–water partition coefficient (Wildman–Crippen LogP) is 5.88. The van der Waals surface area contributed by atoms with Crippen LogP contribution in [0, 0.1) is 5.92 Å². The molecule has 2 N–H and O–H groups in total. The summed E-state index contributed by atoms with van der Waals surface area (Å²) in [5, 5.41) is 15.6. The number of ether oxygens (including phenoxy) is 1. The van der Waals surface area contributed by atoms with Crippen molar-refractivity contribution in [3.8, 4) is 0 Å². The Kier molecular flexibility index (Phi) is 10.2. The first-order valence-corrected chi connectivity index (χ1v) is 17.5. The minimum atomic E-state index is -0.732. The van der Waals surface area contributed by atoms with Gasteiger partial charge in [0.05, 0.1) is 47.4 Å². The maximum atomic E-state index is 13.9. The van der Waals surface area contributed by atoms with Crippen LogP contribution in [0.15, 0.2) is 41.8 Å². The number of nitrogens with one attached hydrogen (secondary N) is 1. The lowest BCUT2D eigenvalue weighted by Crippen LogP contribution is -2.61. The van der Waals surface area contributed by atoms with Gasteiger partial charge < -0.3 is 25.0 Å². The SMILES string of the molecule is CN(C)C1CN([C@H]2C[C@@H](COC3CCC(C(=O)O)CC3)N(C(=O)Cc3cc(Cl)c(NC(=O)c4csc5ccccc45)cc3Cl)C2)C1. The summed E-state index contributed by atoms with van der Waals surface area (Å²) in [7, 11) is 4.19. The standard InChI is InChI=1S/C34H40Cl2N4O5S/c1-38(2)24-15-39(16-24)22-13-23(18-45-25-9-7-20(8-10-25)34(43)44)40(17-22)32(41)12-21-11-29(36)30(14-28(21)35)37-33(42)27-19-46-31-6-4-3-5-26(27)31/h3-6,11,14,19-20,22-25H,7-10,12-13,15-18H2,1-2H3,(H,37,42)(H,43,44)/t20?,22-,23-,25?/m0/s1. The maximum Gasteiger partial charge on any atom is 0.306 e. The molecule has 1 aliphatic carbocycles. The number of benzene rings is 2. The third-order valence-electron chi connectivity index (χ3n) is 9.85. The Morgan fingerprint density at radius 3 is 2.50 bits per heavy atom. The number of rotatable bonds is 10. The number of likely N-dealkylation sites (N-methyl/N-ethyl adjacent to an activating group) is 1. The first-order valence-electron chi connectivity index (χ1n) is 15.9. The van der Waals surface area contributed by atoms with Crippen LogP contribution < -0.4 is 5.32 Å². The fourth-order valence-electron chi connectivity index (χ4n) is 6.88. The van der Waals surface area contributed by atoms with Gasteiger partial charge in [-0.1, -0.05) is 41.4 Å². The zero-order chi connectivity index (χ0) is 32.5. The first-order chi connectivity index (χ1) is 22.1. The number of carboxylic acids is 1. The minimum Gasteiger partial charge on any atom is -0.481 e. The Balaban J connectivity index is 1.11. The summed E-state index contributed by atoms with van der Waals surface area (Å²) in [6.07, 6.45) is 3.60. The lowest BCUT2D eigenvalue weighted by Gasteiger charge is -2.46. The second kappa shape index (κ2) is 14.2. The molecule has 3 heterocycles. The van der Waals surface area contributed by atoms with Gasteiger partial charge >= 0.3 is 5.97 Å². The number of aliphatic carboxylic acids is 1. The highest BCUT2D eigenvalue weighted by atomic mass is 35.5. The number of carbonyl (C=O) groups excluding carboxylic acids is 2. The largest absolute Gasteiger partial charge is 0.481 e. The highest BCUT2D eigenvalue weighted by Gasteiger charge is 2.43. The summed E-state index contributed by atoms with van der Waals surface area (Å²) >= 11 is 14.8. The molecule has 246 valence electrons. The van der Waals surface area contributed by atoms with Crippen molar-refractivity contribution >= 4 is 68.1 Å². The number of fused-ring (bicyclic) bond motifs is 1. The molecule has 0 bridgehead atoms. The summed E-state index contributed by atoms with van der Waals surface area (Å²) in [4.78, 5) is 44.9. The molecule has 1 saturated carbocycles. The topological polar surface area (TPSA) is 102 Å². The van der Waals surface area contributed by atoms with E-state index < -0.39 is 5.97 Å². The number of hydrogen-bond acceptors (Lipinski definition) is 7. The van der Waals surface area contributed by atoms with Crippen LogP contribution in [0.4, 0.5) is 5.69 Å². The molecule has 3 aromatic rings. The summed E-state index contributed by atoms with van der Waals surface area (Å²) in [5.74, 6) is -1.35. The maximum absolute atomic E-state index is 13.9. The molecule has 6 rings (SSSR count). The summed E-state index contributed by atoms with van der Waals surface area (Å²) in [6, 6.07) is 11.7. The molecule has 2 aliphatic heterocycles. The Hall–Kier alpha value is -2.73. The van der Waals surface area contributed by atoms with E-state index in [9.17, 15) is 19.5 Å². The third-order valence-corrected chi connectivity index (χ3v) is 11.5. The van der Waals surface area contributed by atoms with Crippen molar-refractivity contribution < 1.29 is 24.2 Å². The second-order valence-electron chi connectivity index (χ2n) is 13.0. The van der Waals surface area contributed by atoms with Gasteiger partial charge in [0.15, 0.2) is 0 Å². The number of carboxylic acid groups (broad SMARTS) is 1. The van der Waals surface area contributed by atoms with Gasteiger partial charge in [-0.25, -0.2) is 0 Å². The smallest absolute Gasteiger partial charge is 0.306 e. The zero-order valence-electron chi connectivity index (χ0n) is 26.1. The van der Waals surface area contributed by atoms with Crippen molar-refractivity contribution in [1.82, 2.24) is 14.7 Å². The lowest BCUT2D eigenvalue weighted by atomic mass is 9.87. The van der Waals surface area contributed by atoms with Crippen LogP contribution in [0.5, 0.6) is 0 Å². The number of carbonyl (C=O) groups is 3. The Morgan fingerprint density at radius 2 is 1.78 bits per heavy atom. The highest BCUT2D eigenvalue weighted by Crippen LogP contribution is 2.34. The van der Waals surface area contributed by atoms with Gasteiger partial charge in [0.2, 0.25) is 5.91 Å². The zero-order valence-corrected chi connectivity index (χ0v) is 28.4. The van der Waals surface area contributed by atoms with Gasteiger partial charge in [-0.3, -0.25) is 19.3 Å². The molecule has 46 heavy (non-hydrogen) atoms. The molecule has 9 nitrogen and oxygen atoms in total. The van der Waals surface area contributed by atoms with Crippen molar-refractivity contribution in [3.63, 3.8) is 0 Å². The summed E-state index contributed by atoms with van der Waals surface area (Å²) in [6.45, 7) is 2.99. The molecule has 1 aromatic heterocycles. The van der Waals surface area contributed by atoms with E-state index in [0.717, 1.165) is 42.4 Å². The van der Waals surface area contributed by atoms with Crippen LogP contribution in [0.2, 0.25) is 10.0 Å². The Morgan fingerprint density at radius 1 is 1.04 bits per heavy atom. The molecule has 0 radical (unpaired) electrons. The van der Waals surface area contributed by atoms with Gasteiger partial charge in [-0.15, -0.1) is 11.3 Å². The van der Waals surface area contributed by atoms with Crippen molar-refractivity contribution in [2.24, 2.45) is 5.92 Å². The van der Waals surface area contributed by atoms with E-state index in [1.54, 1.807) is 12.1 Å². The summed E-state index contributed by atoms with van der Waals surface area (Å²) < 4.78 is 7.34. The molecular weight excluding hydrogens is 647 g/mol. The van der Waals surface area contributed by atoms with Crippen LogP contribution in [0.1, 0.15) is 48.0 Å². The number of anilines is 1. The Labute approximate surface area is 283 Å². The van der Waals surface area contributed by atoms with Crippen LogP contribution in [0.25, 0.3) is 10.1 Å². The van der Waals surface area contributed by atoms with Crippen molar-refractivity contribution in [1.29, 1.82) is 0 Å². The van der Waals surface area contributed by atoms with Crippen LogP contribution >= 0.6 is 34.5 Å². The van der Waals surface area contributed by atoms with Gasteiger partial charge in [0, 0.05) is 52.2 Å². The van der Waals surface area contributed by atoms with Crippen LogP contribution in [-0.4, -0.2) is 102 Å². The van der Waals surface area contributed by atoms with Crippen molar-refractivity contribution in [3.05, 3.63) is 63.0 Å². The van der Waals surface area contributed by atoms with E-state index in [1.165, 1.54) is 11.3 Å². The first kappa shape index (κ1) is 33.2. The van der Waals surface area contributed by atoms with E-state index in [-0.39, 0.29) is 42.3 Å². The molecule has 0 spiro atoms. The number of halogens is 2. The second-order valence-corrected chi connectivity index (χ2v) is 14.7. The van der Waals surface area contributed by atoms with E-state index in [0.29, 0.717) is 58.9 Å². The fraction of sp³-hybridized carbons (Fsp3) is 0.500. The fourth-order valence-corrected chi connectivity index (χ4v) is 8.29. The molecule has 2 saturated heterocycles. The number of likely N-dealkylation sites (tertiary alicyclic amines) is 2. The van der Waals surface area contributed by atoms with Gasteiger partial charge in [0.1, 0.15) is 0 Å². The molecule has 0 unspecified atom stereocenters. The normalized spacial score (nSPS) is 24.0. The molecule has 3 fully saturated rings. The molecule has 3 aliphatic rings. The van der Waals surface area contributed by atoms with E-state index in [2.05, 4.69) is 29.2 Å².